The van der Waals surface area contributed by atoms with Crippen LogP contribution in [-0.4, -0.2) is 12.1 Å². The van der Waals surface area contributed by atoms with E-state index in [-0.39, 0.29) is 0 Å². The number of benzene rings is 1. The summed E-state index contributed by atoms with van der Waals surface area (Å²) in [6.45, 7) is 0. The minimum absolute atomic E-state index is 0.823. The Morgan fingerprint density at radius 1 is 1.06 bits per heavy atom. The summed E-state index contributed by atoms with van der Waals surface area (Å²) in [5.74, 6) is 0.935. The molecule has 17 heavy (non-hydrogen) atoms. The van der Waals surface area contributed by atoms with Gasteiger partial charge in [0.1, 0.15) is 0 Å². The number of rotatable bonds is 3. The predicted molar refractivity (Wildman–Crippen MR) is 72.4 cm³/mol. The van der Waals surface area contributed by atoms with E-state index in [9.17, 15) is 0 Å². The fraction of sp³-hybridized carbons (Fsp3) is 0.600. The lowest BCUT2D eigenvalue weighted by Crippen LogP contribution is -2.38. The maximum atomic E-state index is 5.90. The molecule has 0 aliphatic carbocycles. The van der Waals surface area contributed by atoms with Gasteiger partial charge >= 0.3 is 0 Å². The first-order valence-electron chi connectivity index (χ1n) is 6.80. The molecule has 1 aromatic rings. The highest BCUT2D eigenvalue weighted by Crippen LogP contribution is 2.33. The van der Waals surface area contributed by atoms with Crippen LogP contribution in [0.4, 0.5) is 0 Å². The van der Waals surface area contributed by atoms with Crippen LogP contribution < -0.4 is 5.32 Å². The van der Waals surface area contributed by atoms with E-state index in [0.717, 1.165) is 23.0 Å². The average Bonchev–Trinajstić information content (AvgIpc) is 2.68. The number of fused-ring (bicyclic) bond motifs is 2. The first kappa shape index (κ1) is 11.6. The highest BCUT2D eigenvalue weighted by molar-refractivity contribution is 6.30. The lowest BCUT2D eigenvalue weighted by Gasteiger charge is -2.29. The molecule has 0 saturated carbocycles. The highest BCUT2D eigenvalue weighted by Gasteiger charge is 2.32. The normalized spacial score (nSPS) is 31.7. The number of hydrogen-bond acceptors (Lipinski definition) is 1. The Morgan fingerprint density at radius 2 is 1.71 bits per heavy atom. The molecular weight excluding hydrogens is 230 g/mol. The Labute approximate surface area is 109 Å². The fourth-order valence-electron chi connectivity index (χ4n) is 3.43. The van der Waals surface area contributed by atoms with Crippen molar-refractivity contribution in [2.24, 2.45) is 5.92 Å². The van der Waals surface area contributed by atoms with E-state index in [1.807, 2.05) is 12.1 Å². The van der Waals surface area contributed by atoms with Crippen LogP contribution in [0.1, 0.15) is 37.7 Å². The molecular formula is C15H20ClN. The topological polar surface area (TPSA) is 12.0 Å². The third-order valence-corrected chi connectivity index (χ3v) is 4.58. The van der Waals surface area contributed by atoms with Crippen LogP contribution in [0, 0.1) is 5.92 Å². The molecule has 3 rings (SSSR count). The van der Waals surface area contributed by atoms with E-state index in [2.05, 4.69) is 17.4 Å². The molecule has 2 aliphatic heterocycles. The van der Waals surface area contributed by atoms with Gasteiger partial charge in [-0.1, -0.05) is 23.7 Å². The van der Waals surface area contributed by atoms with Crippen molar-refractivity contribution in [2.45, 2.75) is 50.6 Å². The molecule has 0 aromatic heterocycles. The Balaban J connectivity index is 1.52. The van der Waals surface area contributed by atoms with Gasteiger partial charge in [-0.3, -0.25) is 0 Å². The molecule has 1 aromatic carbocycles. The summed E-state index contributed by atoms with van der Waals surface area (Å²) in [4.78, 5) is 0. The number of nitrogens with one attached hydrogen (secondary N) is 1. The summed E-state index contributed by atoms with van der Waals surface area (Å²) in [6.07, 6.45) is 8.15. The molecule has 0 unspecified atom stereocenters. The molecule has 0 amide bonds. The summed E-state index contributed by atoms with van der Waals surface area (Å²) in [6, 6.07) is 9.98. The van der Waals surface area contributed by atoms with E-state index >= 15 is 0 Å². The molecule has 2 aliphatic rings. The van der Waals surface area contributed by atoms with Crippen LogP contribution in [0.15, 0.2) is 24.3 Å². The third-order valence-electron chi connectivity index (χ3n) is 4.33. The molecule has 3 atom stereocenters. The first-order valence-corrected chi connectivity index (χ1v) is 7.18. The molecule has 2 bridgehead atoms. The minimum atomic E-state index is 0.823. The van der Waals surface area contributed by atoms with Crippen molar-refractivity contribution in [1.29, 1.82) is 0 Å². The van der Waals surface area contributed by atoms with Crippen LogP contribution in [0.25, 0.3) is 0 Å². The third kappa shape index (κ3) is 2.83. The van der Waals surface area contributed by atoms with Crippen LogP contribution in [0.2, 0.25) is 5.02 Å². The molecule has 0 spiro atoms. The molecule has 2 fully saturated rings. The Hall–Kier alpha value is -0.530. The van der Waals surface area contributed by atoms with Crippen molar-refractivity contribution >= 4 is 11.6 Å². The van der Waals surface area contributed by atoms with Crippen LogP contribution in [0.5, 0.6) is 0 Å². The highest BCUT2D eigenvalue weighted by atomic mass is 35.5. The van der Waals surface area contributed by atoms with Crippen LogP contribution in [-0.2, 0) is 6.42 Å². The summed E-state index contributed by atoms with van der Waals surface area (Å²) in [5, 5.41) is 4.55. The van der Waals surface area contributed by atoms with Gasteiger partial charge in [-0.05, 0) is 62.1 Å². The summed E-state index contributed by atoms with van der Waals surface area (Å²) in [7, 11) is 0. The minimum Gasteiger partial charge on any atom is -0.311 e. The van der Waals surface area contributed by atoms with Crippen molar-refractivity contribution in [2.75, 3.05) is 0 Å². The molecule has 0 radical (unpaired) electrons. The van der Waals surface area contributed by atoms with Gasteiger partial charge in [0.25, 0.3) is 0 Å². The van der Waals surface area contributed by atoms with Crippen molar-refractivity contribution < 1.29 is 0 Å². The van der Waals surface area contributed by atoms with Crippen LogP contribution >= 0.6 is 11.6 Å². The van der Waals surface area contributed by atoms with E-state index in [1.54, 1.807) is 0 Å². The van der Waals surface area contributed by atoms with E-state index < -0.39 is 0 Å². The van der Waals surface area contributed by atoms with Gasteiger partial charge in [-0.15, -0.1) is 0 Å². The van der Waals surface area contributed by atoms with Crippen molar-refractivity contribution in [1.82, 2.24) is 5.32 Å². The second-order valence-electron chi connectivity index (χ2n) is 5.64. The van der Waals surface area contributed by atoms with Gasteiger partial charge in [-0.2, -0.15) is 0 Å². The van der Waals surface area contributed by atoms with E-state index in [4.69, 9.17) is 11.6 Å². The molecule has 92 valence electrons. The number of piperidine rings is 1. The zero-order valence-corrected chi connectivity index (χ0v) is 10.9. The molecule has 2 heterocycles. The van der Waals surface area contributed by atoms with Gasteiger partial charge in [0, 0.05) is 17.1 Å². The van der Waals surface area contributed by atoms with Crippen LogP contribution in [0.3, 0.4) is 0 Å². The van der Waals surface area contributed by atoms with Gasteiger partial charge in [0.2, 0.25) is 0 Å². The SMILES string of the molecule is Clc1ccc(CC[C@@H]2C[C@H]3CC[C@@H](C2)N3)cc1. The number of halogens is 1. The second-order valence-corrected chi connectivity index (χ2v) is 6.08. The Bertz CT molecular complexity index is 361. The first-order chi connectivity index (χ1) is 8.29. The Kier molecular flexibility index (Phi) is 3.39. The molecule has 1 N–H and O–H groups in total. The maximum absolute atomic E-state index is 5.90. The second kappa shape index (κ2) is 4.99. The summed E-state index contributed by atoms with van der Waals surface area (Å²) >= 11 is 5.90. The van der Waals surface area contributed by atoms with E-state index in [0.29, 0.717) is 0 Å². The quantitative estimate of drug-likeness (QED) is 0.859. The van der Waals surface area contributed by atoms with E-state index in [1.165, 1.54) is 44.1 Å². The Morgan fingerprint density at radius 3 is 2.35 bits per heavy atom. The average molecular weight is 250 g/mol. The van der Waals surface area contributed by atoms with Gasteiger partial charge in [0.05, 0.1) is 0 Å². The number of hydrogen-bond donors (Lipinski definition) is 1. The van der Waals surface area contributed by atoms with Crippen molar-refractivity contribution in [3.63, 3.8) is 0 Å². The largest absolute Gasteiger partial charge is 0.311 e. The zero-order valence-electron chi connectivity index (χ0n) is 10.2. The molecule has 1 nitrogen and oxygen atoms in total. The van der Waals surface area contributed by atoms with Crippen molar-refractivity contribution in [3.05, 3.63) is 34.9 Å². The smallest absolute Gasteiger partial charge is 0.0406 e. The monoisotopic (exact) mass is 249 g/mol. The summed E-state index contributed by atoms with van der Waals surface area (Å²) in [5.41, 5.74) is 1.43. The molecule has 2 saturated heterocycles. The molecule has 2 heteroatoms. The fourth-order valence-corrected chi connectivity index (χ4v) is 3.56. The maximum Gasteiger partial charge on any atom is 0.0406 e. The zero-order chi connectivity index (χ0) is 11.7. The van der Waals surface area contributed by atoms with Gasteiger partial charge in [-0.25, -0.2) is 0 Å². The summed E-state index contributed by atoms with van der Waals surface area (Å²) < 4.78 is 0. The predicted octanol–water partition coefficient (Wildman–Crippen LogP) is 3.80. The van der Waals surface area contributed by atoms with Gasteiger partial charge in [0.15, 0.2) is 0 Å². The lowest BCUT2D eigenvalue weighted by molar-refractivity contribution is 0.286. The number of aryl methyl sites for hydroxylation is 1. The standard InChI is InChI=1S/C15H20ClN/c16-13-5-3-11(4-6-13)1-2-12-9-14-7-8-15(10-12)17-14/h3-6,12,14-15,17H,1-2,7-10H2/t12-,14-,15+. The van der Waals surface area contributed by atoms with Crippen molar-refractivity contribution in [3.8, 4) is 0 Å². The lowest BCUT2D eigenvalue weighted by atomic mass is 9.87. The van der Waals surface area contributed by atoms with Gasteiger partial charge < -0.3 is 5.32 Å².